The van der Waals surface area contributed by atoms with Crippen molar-refractivity contribution in [1.29, 1.82) is 0 Å². The molecule has 2 heterocycles. The number of ether oxygens (including phenoxy) is 1. The first-order valence-corrected chi connectivity index (χ1v) is 10.2. The summed E-state index contributed by atoms with van der Waals surface area (Å²) in [5.41, 5.74) is -0.423. The Labute approximate surface area is 154 Å². The molecule has 2 aliphatic heterocycles. The molecule has 2 saturated heterocycles. The highest BCUT2D eigenvalue weighted by atomic mass is 16.6. The minimum atomic E-state index is -0.423. The molecule has 0 aromatic rings. The third-order valence-electron chi connectivity index (χ3n) is 5.18. The Morgan fingerprint density at radius 3 is 2.36 bits per heavy atom. The van der Waals surface area contributed by atoms with Gasteiger partial charge in [-0.05, 0) is 86.2 Å². The predicted molar refractivity (Wildman–Crippen MR) is 103 cm³/mol. The Hall–Kier alpha value is -0.810. The van der Waals surface area contributed by atoms with Gasteiger partial charge in [0.25, 0.3) is 0 Å². The van der Waals surface area contributed by atoms with Gasteiger partial charge in [0, 0.05) is 31.2 Å². The molecule has 0 bridgehead atoms. The molecule has 1 amide bonds. The number of carbonyl (C=O) groups excluding carboxylic acids is 1. The average molecular weight is 354 g/mol. The number of nitrogens with zero attached hydrogens (tertiary/aromatic N) is 2. The fourth-order valence-corrected chi connectivity index (χ4v) is 4.17. The molecule has 1 N–H and O–H groups in total. The van der Waals surface area contributed by atoms with Crippen molar-refractivity contribution >= 4 is 6.09 Å². The van der Waals surface area contributed by atoms with Crippen LogP contribution in [0, 0.1) is 0 Å². The molecule has 3 atom stereocenters. The fourth-order valence-electron chi connectivity index (χ4n) is 4.17. The van der Waals surface area contributed by atoms with Crippen molar-refractivity contribution in [2.45, 2.75) is 96.9 Å². The first kappa shape index (κ1) is 20.5. The quantitative estimate of drug-likeness (QED) is 0.792. The van der Waals surface area contributed by atoms with Crippen LogP contribution in [0.2, 0.25) is 0 Å². The molecule has 146 valence electrons. The molecule has 3 unspecified atom stereocenters. The van der Waals surface area contributed by atoms with E-state index >= 15 is 0 Å². The van der Waals surface area contributed by atoms with Crippen molar-refractivity contribution in [1.82, 2.24) is 15.1 Å². The lowest BCUT2D eigenvalue weighted by Crippen LogP contribution is -2.50. The minimum Gasteiger partial charge on any atom is -0.444 e. The zero-order valence-electron chi connectivity index (χ0n) is 17.0. The van der Waals surface area contributed by atoms with E-state index in [-0.39, 0.29) is 6.09 Å². The van der Waals surface area contributed by atoms with E-state index in [1.807, 2.05) is 25.7 Å². The van der Waals surface area contributed by atoms with Crippen LogP contribution in [0.5, 0.6) is 0 Å². The van der Waals surface area contributed by atoms with Crippen LogP contribution in [-0.4, -0.2) is 65.8 Å². The molecule has 0 radical (unpaired) electrons. The van der Waals surface area contributed by atoms with E-state index in [0.29, 0.717) is 18.1 Å². The maximum absolute atomic E-state index is 12.5. The third-order valence-corrected chi connectivity index (χ3v) is 5.18. The van der Waals surface area contributed by atoms with Crippen LogP contribution < -0.4 is 5.32 Å². The maximum Gasteiger partial charge on any atom is 0.410 e. The first-order chi connectivity index (χ1) is 11.7. The molecule has 5 heteroatoms. The van der Waals surface area contributed by atoms with E-state index in [1.165, 1.54) is 32.4 Å². The largest absolute Gasteiger partial charge is 0.444 e. The monoisotopic (exact) mass is 353 g/mol. The SMILES string of the molecule is CC(CC1CCCCN1C(=O)OC(C)(C)C)NC(C)CN1CCCC1. The molecule has 5 nitrogen and oxygen atoms in total. The Morgan fingerprint density at radius 1 is 1.08 bits per heavy atom. The number of carbonyl (C=O) groups is 1. The molecule has 0 aliphatic carbocycles. The summed E-state index contributed by atoms with van der Waals surface area (Å²) in [6.07, 6.45) is 6.93. The van der Waals surface area contributed by atoms with Crippen LogP contribution in [0.25, 0.3) is 0 Å². The van der Waals surface area contributed by atoms with Crippen LogP contribution in [0.1, 0.15) is 73.1 Å². The molecule has 0 aromatic carbocycles. The van der Waals surface area contributed by atoms with Gasteiger partial charge in [0.1, 0.15) is 5.60 Å². The van der Waals surface area contributed by atoms with Gasteiger partial charge in [-0.3, -0.25) is 0 Å². The number of rotatable bonds is 6. The fraction of sp³-hybridized carbons (Fsp3) is 0.950. The smallest absolute Gasteiger partial charge is 0.410 e. The number of piperidine rings is 1. The Morgan fingerprint density at radius 2 is 1.72 bits per heavy atom. The van der Waals surface area contributed by atoms with Gasteiger partial charge in [-0.1, -0.05) is 0 Å². The molecular weight excluding hydrogens is 314 g/mol. The summed E-state index contributed by atoms with van der Waals surface area (Å²) >= 11 is 0. The number of nitrogens with one attached hydrogen (secondary N) is 1. The van der Waals surface area contributed by atoms with E-state index in [1.54, 1.807) is 0 Å². The predicted octanol–water partition coefficient (Wildman–Crippen LogP) is 3.63. The van der Waals surface area contributed by atoms with Crippen LogP contribution >= 0.6 is 0 Å². The molecule has 2 rings (SSSR count). The summed E-state index contributed by atoms with van der Waals surface area (Å²) in [6.45, 7) is 14.8. The van der Waals surface area contributed by atoms with Crippen molar-refractivity contribution in [3.63, 3.8) is 0 Å². The highest BCUT2D eigenvalue weighted by molar-refractivity contribution is 5.68. The highest BCUT2D eigenvalue weighted by Crippen LogP contribution is 2.23. The number of amides is 1. The van der Waals surface area contributed by atoms with Gasteiger partial charge in [0.05, 0.1) is 0 Å². The van der Waals surface area contributed by atoms with Crippen molar-refractivity contribution in [3.05, 3.63) is 0 Å². The van der Waals surface area contributed by atoms with Crippen molar-refractivity contribution in [2.75, 3.05) is 26.2 Å². The van der Waals surface area contributed by atoms with Gasteiger partial charge in [-0.15, -0.1) is 0 Å². The van der Waals surface area contributed by atoms with E-state index < -0.39 is 5.60 Å². The molecule has 25 heavy (non-hydrogen) atoms. The summed E-state index contributed by atoms with van der Waals surface area (Å²) in [4.78, 5) is 17.1. The lowest BCUT2D eigenvalue weighted by Gasteiger charge is -2.38. The van der Waals surface area contributed by atoms with Gasteiger partial charge < -0.3 is 19.9 Å². The van der Waals surface area contributed by atoms with E-state index in [0.717, 1.165) is 32.4 Å². The number of likely N-dealkylation sites (tertiary alicyclic amines) is 2. The number of hydrogen-bond acceptors (Lipinski definition) is 4. The van der Waals surface area contributed by atoms with Crippen LogP contribution in [0.15, 0.2) is 0 Å². The molecule has 2 aliphatic rings. The number of hydrogen-bond donors (Lipinski definition) is 1. The third kappa shape index (κ3) is 7.14. The summed E-state index contributed by atoms with van der Waals surface area (Å²) in [5, 5.41) is 3.74. The second kappa shape index (κ2) is 9.22. The molecule has 2 fully saturated rings. The lowest BCUT2D eigenvalue weighted by atomic mass is 9.96. The van der Waals surface area contributed by atoms with Crippen LogP contribution in [0.3, 0.4) is 0 Å². The molecular formula is C20H39N3O2. The summed E-state index contributed by atoms with van der Waals surface area (Å²) in [5.74, 6) is 0. The standard InChI is InChI=1S/C20H39N3O2/c1-16(21-17(2)15-22-11-8-9-12-22)14-18-10-6-7-13-23(18)19(24)25-20(3,4)5/h16-18,21H,6-15H2,1-5H3. The second-order valence-electron chi connectivity index (χ2n) is 9.04. The first-order valence-electron chi connectivity index (χ1n) is 10.2. The van der Waals surface area contributed by atoms with E-state index in [4.69, 9.17) is 4.74 Å². The Balaban J connectivity index is 1.81. The van der Waals surface area contributed by atoms with Crippen LogP contribution in [0.4, 0.5) is 4.79 Å². The second-order valence-corrected chi connectivity index (χ2v) is 9.04. The van der Waals surface area contributed by atoms with Crippen molar-refractivity contribution < 1.29 is 9.53 Å². The lowest BCUT2D eigenvalue weighted by molar-refractivity contribution is 0.00777. The van der Waals surface area contributed by atoms with Crippen molar-refractivity contribution in [3.8, 4) is 0 Å². The van der Waals surface area contributed by atoms with Gasteiger partial charge >= 0.3 is 6.09 Å². The normalized spacial score (nSPS) is 25.0. The van der Waals surface area contributed by atoms with Crippen LogP contribution in [-0.2, 0) is 4.74 Å². The zero-order valence-corrected chi connectivity index (χ0v) is 17.0. The maximum atomic E-state index is 12.5. The zero-order chi connectivity index (χ0) is 18.4. The summed E-state index contributed by atoms with van der Waals surface area (Å²) in [6, 6.07) is 1.20. The van der Waals surface area contributed by atoms with Gasteiger partial charge in [-0.2, -0.15) is 0 Å². The Kier molecular flexibility index (Phi) is 7.56. The van der Waals surface area contributed by atoms with Crippen molar-refractivity contribution in [2.24, 2.45) is 0 Å². The van der Waals surface area contributed by atoms with E-state index in [9.17, 15) is 4.79 Å². The van der Waals surface area contributed by atoms with Gasteiger partial charge in [0.2, 0.25) is 0 Å². The van der Waals surface area contributed by atoms with Gasteiger partial charge in [-0.25, -0.2) is 4.79 Å². The summed E-state index contributed by atoms with van der Waals surface area (Å²) in [7, 11) is 0. The topological polar surface area (TPSA) is 44.8 Å². The van der Waals surface area contributed by atoms with Gasteiger partial charge in [0.15, 0.2) is 0 Å². The average Bonchev–Trinajstić information content (AvgIpc) is 2.98. The highest BCUT2D eigenvalue weighted by Gasteiger charge is 2.31. The molecule has 0 spiro atoms. The summed E-state index contributed by atoms with van der Waals surface area (Å²) < 4.78 is 5.62. The van der Waals surface area contributed by atoms with E-state index in [2.05, 4.69) is 24.1 Å². The minimum absolute atomic E-state index is 0.144. The Bertz CT molecular complexity index is 416. The molecule has 0 saturated carbocycles. The molecule has 0 aromatic heterocycles.